The molecule has 0 bridgehead atoms. The Balaban J connectivity index is 2.20. The summed E-state index contributed by atoms with van der Waals surface area (Å²) >= 11 is 0. The molecule has 3 amide bonds. The first-order chi connectivity index (χ1) is 8.49. The van der Waals surface area contributed by atoms with E-state index in [0.29, 0.717) is 18.7 Å². The SMILES string of the molecule is C[C@H](NC(N)=O)C(=O)N1CCc2ccc(F)cc21. The highest BCUT2D eigenvalue weighted by atomic mass is 19.1. The van der Waals surface area contributed by atoms with E-state index in [1.165, 1.54) is 17.0 Å². The van der Waals surface area contributed by atoms with Crippen molar-refractivity contribution in [2.24, 2.45) is 5.73 Å². The van der Waals surface area contributed by atoms with Crippen molar-refractivity contribution in [3.8, 4) is 0 Å². The summed E-state index contributed by atoms with van der Waals surface area (Å²) < 4.78 is 13.2. The number of halogens is 1. The maximum atomic E-state index is 13.2. The highest BCUT2D eigenvalue weighted by Crippen LogP contribution is 2.29. The van der Waals surface area contributed by atoms with Gasteiger partial charge in [0.1, 0.15) is 11.9 Å². The van der Waals surface area contributed by atoms with Gasteiger partial charge in [-0.2, -0.15) is 0 Å². The van der Waals surface area contributed by atoms with Gasteiger partial charge in [0.25, 0.3) is 0 Å². The summed E-state index contributed by atoms with van der Waals surface area (Å²) in [4.78, 5) is 24.3. The quantitative estimate of drug-likeness (QED) is 0.814. The normalized spacial score (nSPS) is 15.1. The lowest BCUT2D eigenvalue weighted by molar-refractivity contribution is -0.119. The van der Waals surface area contributed by atoms with Crippen molar-refractivity contribution in [3.63, 3.8) is 0 Å². The highest BCUT2D eigenvalue weighted by Gasteiger charge is 2.28. The number of primary amides is 1. The van der Waals surface area contributed by atoms with Crippen molar-refractivity contribution in [1.82, 2.24) is 5.32 Å². The Hall–Kier alpha value is -2.11. The number of rotatable bonds is 2. The van der Waals surface area contributed by atoms with Crippen LogP contribution in [0.5, 0.6) is 0 Å². The maximum Gasteiger partial charge on any atom is 0.312 e. The molecule has 0 fully saturated rings. The van der Waals surface area contributed by atoms with E-state index >= 15 is 0 Å². The number of nitrogens with two attached hydrogens (primary N) is 1. The lowest BCUT2D eigenvalue weighted by atomic mass is 10.1. The Labute approximate surface area is 104 Å². The number of hydrogen-bond acceptors (Lipinski definition) is 2. The van der Waals surface area contributed by atoms with Crippen LogP contribution >= 0.6 is 0 Å². The molecule has 2 rings (SSSR count). The molecule has 0 saturated carbocycles. The molecule has 0 aromatic heterocycles. The second-order valence-electron chi connectivity index (χ2n) is 4.24. The van der Waals surface area contributed by atoms with E-state index < -0.39 is 12.1 Å². The number of amides is 3. The van der Waals surface area contributed by atoms with Crippen LogP contribution in [0.1, 0.15) is 12.5 Å². The van der Waals surface area contributed by atoms with E-state index in [9.17, 15) is 14.0 Å². The number of nitrogens with zero attached hydrogens (tertiary/aromatic N) is 1. The van der Waals surface area contributed by atoms with Gasteiger partial charge >= 0.3 is 6.03 Å². The summed E-state index contributed by atoms with van der Waals surface area (Å²) in [6.45, 7) is 2.03. The van der Waals surface area contributed by atoms with E-state index in [-0.39, 0.29) is 11.7 Å². The lowest BCUT2D eigenvalue weighted by Crippen LogP contribution is -2.48. The lowest BCUT2D eigenvalue weighted by Gasteiger charge is -2.21. The Kier molecular flexibility index (Phi) is 3.18. The van der Waals surface area contributed by atoms with Gasteiger partial charge in [0.15, 0.2) is 0 Å². The topological polar surface area (TPSA) is 75.4 Å². The number of benzene rings is 1. The molecule has 0 aliphatic carbocycles. The largest absolute Gasteiger partial charge is 0.352 e. The van der Waals surface area contributed by atoms with Gasteiger partial charge in [-0.15, -0.1) is 0 Å². The molecule has 3 N–H and O–H groups in total. The number of urea groups is 1. The van der Waals surface area contributed by atoms with E-state index in [4.69, 9.17) is 5.73 Å². The molecule has 96 valence electrons. The summed E-state index contributed by atoms with van der Waals surface area (Å²) in [6.07, 6.45) is 0.685. The van der Waals surface area contributed by atoms with E-state index in [1.54, 1.807) is 13.0 Å². The third-order valence-corrected chi connectivity index (χ3v) is 2.94. The monoisotopic (exact) mass is 251 g/mol. The fourth-order valence-electron chi connectivity index (χ4n) is 2.09. The zero-order valence-electron chi connectivity index (χ0n) is 9.94. The Morgan fingerprint density at radius 3 is 2.89 bits per heavy atom. The number of carbonyl (C=O) groups excluding carboxylic acids is 2. The minimum atomic E-state index is -0.755. The molecule has 18 heavy (non-hydrogen) atoms. The van der Waals surface area contributed by atoms with Crippen LogP contribution in [-0.4, -0.2) is 24.5 Å². The third kappa shape index (κ3) is 2.27. The minimum absolute atomic E-state index is 0.293. The molecule has 5 nitrogen and oxygen atoms in total. The zero-order valence-corrected chi connectivity index (χ0v) is 9.94. The predicted octanol–water partition coefficient (Wildman–Crippen LogP) is 0.772. The Morgan fingerprint density at radius 1 is 1.50 bits per heavy atom. The number of carbonyl (C=O) groups is 2. The van der Waals surface area contributed by atoms with Crippen LogP contribution in [0.2, 0.25) is 0 Å². The number of fused-ring (bicyclic) bond motifs is 1. The van der Waals surface area contributed by atoms with Crippen LogP contribution in [0, 0.1) is 5.82 Å². The molecular formula is C12H14FN3O2. The van der Waals surface area contributed by atoms with Crippen LogP contribution < -0.4 is 16.0 Å². The van der Waals surface area contributed by atoms with Crippen molar-refractivity contribution < 1.29 is 14.0 Å². The first-order valence-electron chi connectivity index (χ1n) is 5.65. The van der Waals surface area contributed by atoms with E-state index in [2.05, 4.69) is 5.32 Å². The standard InChI is InChI=1S/C12H14FN3O2/c1-7(15-12(14)18)11(17)16-5-4-8-2-3-9(13)6-10(8)16/h2-3,6-7H,4-5H2,1H3,(H3,14,15,18)/t7-/m0/s1. The molecule has 1 aliphatic rings. The average molecular weight is 251 g/mol. The van der Waals surface area contributed by atoms with Crippen LogP contribution in [-0.2, 0) is 11.2 Å². The Bertz CT molecular complexity index is 504. The summed E-state index contributed by atoms with van der Waals surface area (Å²) in [5.74, 6) is -0.679. The van der Waals surface area contributed by atoms with Gasteiger partial charge in [-0.25, -0.2) is 9.18 Å². The second kappa shape index (κ2) is 4.64. The van der Waals surface area contributed by atoms with Gasteiger partial charge in [0, 0.05) is 12.2 Å². The van der Waals surface area contributed by atoms with Gasteiger partial charge in [-0.1, -0.05) is 6.07 Å². The first-order valence-corrected chi connectivity index (χ1v) is 5.65. The summed E-state index contributed by atoms with van der Waals surface area (Å²) in [5, 5.41) is 2.32. The third-order valence-electron chi connectivity index (χ3n) is 2.94. The number of anilines is 1. The van der Waals surface area contributed by atoms with Crippen LogP contribution in [0.15, 0.2) is 18.2 Å². The van der Waals surface area contributed by atoms with Crippen molar-refractivity contribution in [2.45, 2.75) is 19.4 Å². The molecule has 0 saturated heterocycles. The molecule has 1 atom stereocenters. The van der Waals surface area contributed by atoms with Crippen molar-refractivity contribution in [3.05, 3.63) is 29.6 Å². The summed E-state index contributed by atoms with van der Waals surface area (Å²) in [5.41, 5.74) is 6.46. The summed E-state index contributed by atoms with van der Waals surface area (Å²) in [6, 6.07) is 2.89. The number of nitrogens with one attached hydrogen (secondary N) is 1. The fourth-order valence-corrected chi connectivity index (χ4v) is 2.09. The van der Waals surface area contributed by atoms with Gasteiger partial charge in [0.2, 0.25) is 5.91 Å². The van der Waals surface area contributed by atoms with Gasteiger partial charge in [-0.05, 0) is 31.0 Å². The molecule has 1 aromatic carbocycles. The molecular weight excluding hydrogens is 237 g/mol. The molecule has 0 unspecified atom stereocenters. The molecule has 1 heterocycles. The van der Waals surface area contributed by atoms with Gasteiger partial charge in [0.05, 0.1) is 0 Å². The molecule has 0 spiro atoms. The van der Waals surface area contributed by atoms with Crippen LogP contribution in [0.25, 0.3) is 0 Å². The fraction of sp³-hybridized carbons (Fsp3) is 0.333. The van der Waals surface area contributed by atoms with Gasteiger partial charge in [-0.3, -0.25) is 4.79 Å². The predicted molar refractivity (Wildman–Crippen MR) is 64.6 cm³/mol. The van der Waals surface area contributed by atoms with Crippen molar-refractivity contribution >= 4 is 17.6 Å². The first kappa shape index (κ1) is 12.3. The average Bonchev–Trinajstić information content (AvgIpc) is 2.69. The number of hydrogen-bond donors (Lipinski definition) is 2. The molecule has 1 aliphatic heterocycles. The van der Waals surface area contributed by atoms with Crippen molar-refractivity contribution in [2.75, 3.05) is 11.4 Å². The minimum Gasteiger partial charge on any atom is -0.352 e. The summed E-state index contributed by atoms with van der Waals surface area (Å²) in [7, 11) is 0. The Morgan fingerprint density at radius 2 is 2.22 bits per heavy atom. The van der Waals surface area contributed by atoms with E-state index in [0.717, 1.165) is 5.56 Å². The molecule has 1 aromatic rings. The second-order valence-corrected chi connectivity index (χ2v) is 4.24. The van der Waals surface area contributed by atoms with Crippen molar-refractivity contribution in [1.29, 1.82) is 0 Å². The maximum absolute atomic E-state index is 13.2. The van der Waals surface area contributed by atoms with Crippen LogP contribution in [0.4, 0.5) is 14.9 Å². The zero-order chi connectivity index (χ0) is 13.3. The van der Waals surface area contributed by atoms with Gasteiger partial charge < -0.3 is 16.0 Å². The van der Waals surface area contributed by atoms with E-state index in [1.807, 2.05) is 0 Å². The molecule has 6 heteroatoms. The molecule has 0 radical (unpaired) electrons. The van der Waals surface area contributed by atoms with Crippen LogP contribution in [0.3, 0.4) is 0 Å². The highest BCUT2D eigenvalue weighted by molar-refractivity contribution is 6.00. The smallest absolute Gasteiger partial charge is 0.312 e.